The average molecular weight is 538 g/mol. The second kappa shape index (κ2) is 13.1. The molecule has 4 aromatic carbocycles. The van der Waals surface area contributed by atoms with Gasteiger partial charge >= 0.3 is 5.97 Å². The third kappa shape index (κ3) is 6.75. The van der Waals surface area contributed by atoms with Crippen LogP contribution in [0.2, 0.25) is 0 Å². The molecule has 6 heteroatoms. The van der Waals surface area contributed by atoms with Crippen molar-refractivity contribution in [3.8, 4) is 5.75 Å². The van der Waals surface area contributed by atoms with Crippen molar-refractivity contribution in [3.05, 3.63) is 137 Å². The van der Waals surface area contributed by atoms with Crippen LogP contribution in [0.25, 0.3) is 0 Å². The molecule has 0 unspecified atom stereocenters. The molecule has 1 aliphatic carbocycles. The Balaban J connectivity index is 1.32. The second-order valence-electron chi connectivity index (χ2n) is 10.00. The molecular formula is C34H32FNO4. The van der Waals surface area contributed by atoms with Gasteiger partial charge in [-0.2, -0.15) is 0 Å². The van der Waals surface area contributed by atoms with Crippen LogP contribution in [-0.2, 0) is 33.0 Å². The summed E-state index contributed by atoms with van der Waals surface area (Å²) < 4.78 is 26.0. The van der Waals surface area contributed by atoms with Gasteiger partial charge in [-0.15, -0.1) is 0 Å². The molecule has 0 aliphatic heterocycles. The maximum atomic E-state index is 14.1. The molecule has 1 fully saturated rings. The average Bonchev–Trinajstić information content (AvgIpc) is 3.01. The molecule has 0 N–H and O–H groups in total. The predicted molar refractivity (Wildman–Crippen MR) is 152 cm³/mol. The van der Waals surface area contributed by atoms with Gasteiger partial charge in [0, 0.05) is 5.56 Å². The van der Waals surface area contributed by atoms with Crippen molar-refractivity contribution in [1.82, 2.24) is 0 Å². The van der Waals surface area contributed by atoms with Crippen LogP contribution in [0.3, 0.4) is 0 Å². The van der Waals surface area contributed by atoms with Crippen molar-refractivity contribution in [3.63, 3.8) is 0 Å². The van der Waals surface area contributed by atoms with Crippen LogP contribution >= 0.6 is 0 Å². The third-order valence-corrected chi connectivity index (χ3v) is 7.23. The molecule has 0 amide bonds. The lowest BCUT2D eigenvalue weighted by molar-refractivity contribution is -0.142. The summed E-state index contributed by atoms with van der Waals surface area (Å²) in [5, 5.41) is 4.28. The first-order valence-electron chi connectivity index (χ1n) is 13.6. The van der Waals surface area contributed by atoms with E-state index in [-0.39, 0.29) is 11.8 Å². The van der Waals surface area contributed by atoms with Gasteiger partial charge in [0.05, 0.1) is 5.41 Å². The van der Waals surface area contributed by atoms with Gasteiger partial charge in [0.15, 0.2) is 0 Å². The normalized spacial score (nSPS) is 14.8. The number of esters is 1. The molecule has 4 aromatic rings. The monoisotopic (exact) mass is 537 g/mol. The zero-order valence-corrected chi connectivity index (χ0v) is 22.3. The molecule has 0 radical (unpaired) electrons. The minimum Gasteiger partial charge on any atom is -0.470 e. The van der Waals surface area contributed by atoms with E-state index in [9.17, 15) is 9.18 Å². The molecule has 0 aromatic heterocycles. The van der Waals surface area contributed by atoms with Crippen LogP contribution < -0.4 is 4.74 Å². The van der Waals surface area contributed by atoms with Gasteiger partial charge in [-0.25, -0.2) is 4.39 Å². The highest BCUT2D eigenvalue weighted by Gasteiger charge is 2.43. The number of ether oxygens (including phenoxy) is 2. The summed E-state index contributed by atoms with van der Waals surface area (Å²) in [6.45, 7) is 0.623. The van der Waals surface area contributed by atoms with Gasteiger partial charge in [-0.3, -0.25) is 4.79 Å². The van der Waals surface area contributed by atoms with Crippen molar-refractivity contribution >= 4 is 11.9 Å². The summed E-state index contributed by atoms with van der Waals surface area (Å²) >= 11 is 0. The maximum absolute atomic E-state index is 14.1. The molecule has 5 nitrogen and oxygen atoms in total. The van der Waals surface area contributed by atoms with Gasteiger partial charge in [0.2, 0.25) is 0 Å². The lowest BCUT2D eigenvalue weighted by atomic mass is 9.69. The molecule has 0 heterocycles. The Kier molecular flexibility index (Phi) is 8.86. The van der Waals surface area contributed by atoms with Gasteiger partial charge in [-0.05, 0) is 71.1 Å². The Labute approximate surface area is 234 Å². The SMILES string of the molecule is O=C(Oc1ccc(/C(=N\OCc2ccccc2)OCc2ccccc2)cc1)C1(c2cccc(F)c2)CCCCC1. The number of nitrogens with zero attached hydrogens (tertiary/aromatic N) is 1. The van der Waals surface area contributed by atoms with Crippen molar-refractivity contribution in [2.24, 2.45) is 5.16 Å². The van der Waals surface area contributed by atoms with E-state index < -0.39 is 5.41 Å². The fraction of sp³-hybridized carbons (Fsp3) is 0.235. The molecule has 0 saturated heterocycles. The molecule has 5 rings (SSSR count). The number of carbonyl (C=O) groups excluding carboxylic acids is 1. The molecular weight excluding hydrogens is 505 g/mol. The van der Waals surface area contributed by atoms with Crippen LogP contribution in [0.15, 0.2) is 114 Å². The van der Waals surface area contributed by atoms with E-state index in [0.29, 0.717) is 48.8 Å². The zero-order chi connectivity index (χ0) is 27.6. The van der Waals surface area contributed by atoms with Gasteiger partial charge in [0.25, 0.3) is 5.90 Å². The molecule has 1 aliphatic rings. The number of benzene rings is 4. The molecule has 1 saturated carbocycles. The van der Waals surface area contributed by atoms with Gasteiger partial charge in [-0.1, -0.05) is 92.1 Å². The summed E-state index contributed by atoms with van der Waals surface area (Å²) in [6, 6.07) is 32.9. The first-order chi connectivity index (χ1) is 19.6. The molecule has 0 atom stereocenters. The topological polar surface area (TPSA) is 57.1 Å². The van der Waals surface area contributed by atoms with Crippen LogP contribution in [0, 0.1) is 5.82 Å². The number of halogens is 1. The fourth-order valence-corrected chi connectivity index (χ4v) is 5.05. The summed E-state index contributed by atoms with van der Waals surface area (Å²) in [7, 11) is 0. The molecule has 0 bridgehead atoms. The predicted octanol–water partition coefficient (Wildman–Crippen LogP) is 7.73. The van der Waals surface area contributed by atoms with Crippen molar-refractivity contribution < 1.29 is 23.5 Å². The summed E-state index contributed by atoms with van der Waals surface area (Å²) in [6.07, 6.45) is 4.11. The highest BCUT2D eigenvalue weighted by atomic mass is 19.1. The largest absolute Gasteiger partial charge is 0.470 e. The summed E-state index contributed by atoms with van der Waals surface area (Å²) in [4.78, 5) is 19.2. The highest BCUT2D eigenvalue weighted by molar-refractivity contribution is 5.94. The van der Waals surface area contributed by atoms with Crippen LogP contribution in [0.4, 0.5) is 4.39 Å². The van der Waals surface area contributed by atoms with Gasteiger partial charge in [0.1, 0.15) is 24.8 Å². The van der Waals surface area contributed by atoms with Crippen LogP contribution in [-0.4, -0.2) is 11.9 Å². The van der Waals surface area contributed by atoms with E-state index in [0.717, 1.165) is 30.4 Å². The van der Waals surface area contributed by atoms with Crippen LogP contribution in [0.1, 0.15) is 54.4 Å². The fourth-order valence-electron chi connectivity index (χ4n) is 5.05. The lowest BCUT2D eigenvalue weighted by Gasteiger charge is -2.35. The molecule has 0 spiro atoms. The Morgan fingerprint density at radius 3 is 2.05 bits per heavy atom. The summed E-state index contributed by atoms with van der Waals surface area (Å²) in [5.74, 6) is 0.0197. The molecule has 204 valence electrons. The quantitative estimate of drug-likeness (QED) is 0.0721. The first kappa shape index (κ1) is 27.1. The smallest absolute Gasteiger partial charge is 0.321 e. The number of hydrogen-bond donors (Lipinski definition) is 0. The number of oxime groups is 1. The van der Waals surface area contributed by atoms with Crippen molar-refractivity contribution in [2.75, 3.05) is 0 Å². The van der Waals surface area contributed by atoms with E-state index in [1.807, 2.05) is 66.7 Å². The van der Waals surface area contributed by atoms with Crippen molar-refractivity contribution in [1.29, 1.82) is 0 Å². The standard InChI is InChI=1S/C34H32FNO4/c35-30-16-10-15-29(23-30)34(21-8-3-9-22-34)33(37)40-31-19-17-28(18-20-31)32(38-24-26-11-4-1-5-12-26)36-39-25-27-13-6-2-7-14-27/h1-2,4-7,10-20,23H,3,8-9,21-22,24-25H2/b36-32+. The van der Waals surface area contributed by atoms with E-state index in [1.165, 1.54) is 12.1 Å². The number of hydrogen-bond acceptors (Lipinski definition) is 5. The zero-order valence-electron chi connectivity index (χ0n) is 22.3. The van der Waals surface area contributed by atoms with Gasteiger partial charge < -0.3 is 14.3 Å². The number of rotatable bonds is 9. The van der Waals surface area contributed by atoms with Crippen LogP contribution in [0.5, 0.6) is 5.75 Å². The molecule has 40 heavy (non-hydrogen) atoms. The third-order valence-electron chi connectivity index (χ3n) is 7.23. The minimum absolute atomic E-state index is 0.302. The first-order valence-corrected chi connectivity index (χ1v) is 13.6. The van der Waals surface area contributed by atoms with E-state index in [2.05, 4.69) is 5.16 Å². The Hall–Kier alpha value is -4.45. The maximum Gasteiger partial charge on any atom is 0.321 e. The minimum atomic E-state index is -0.851. The Bertz CT molecular complexity index is 1420. The van der Waals surface area contributed by atoms with E-state index in [4.69, 9.17) is 14.3 Å². The van der Waals surface area contributed by atoms with E-state index in [1.54, 1.807) is 30.3 Å². The summed E-state index contributed by atoms with van der Waals surface area (Å²) in [5.41, 5.74) is 2.50. The Morgan fingerprint density at radius 2 is 1.40 bits per heavy atom. The highest BCUT2D eigenvalue weighted by Crippen LogP contribution is 2.41. The Morgan fingerprint density at radius 1 is 0.750 bits per heavy atom. The van der Waals surface area contributed by atoms with Crippen molar-refractivity contribution in [2.45, 2.75) is 50.7 Å². The second-order valence-corrected chi connectivity index (χ2v) is 10.00. The van der Waals surface area contributed by atoms with E-state index >= 15 is 0 Å². The number of carbonyl (C=O) groups is 1. The lowest BCUT2D eigenvalue weighted by Crippen LogP contribution is -2.41.